The summed E-state index contributed by atoms with van der Waals surface area (Å²) in [7, 11) is 0. The fourth-order valence-electron chi connectivity index (χ4n) is 2.59. The highest BCUT2D eigenvalue weighted by Gasteiger charge is 2.30. The Bertz CT molecular complexity index is 237. The number of nitrogens with one attached hydrogen (secondary N) is 1. The van der Waals surface area contributed by atoms with Crippen molar-refractivity contribution in [3.63, 3.8) is 0 Å². The molecule has 0 aromatic rings. The minimum absolute atomic E-state index is 0.0418. The highest BCUT2D eigenvalue weighted by molar-refractivity contribution is 5.82. The van der Waals surface area contributed by atoms with Gasteiger partial charge in [-0.25, -0.2) is 0 Å². The van der Waals surface area contributed by atoms with Crippen molar-refractivity contribution in [3.8, 4) is 0 Å². The summed E-state index contributed by atoms with van der Waals surface area (Å²) < 4.78 is 5.58. The Morgan fingerprint density at radius 3 is 3.00 bits per heavy atom. The predicted octanol–water partition coefficient (Wildman–Crippen LogP) is 0.766. The fraction of sp³-hybridized carbons (Fsp3) is 0.917. The molecule has 2 heterocycles. The van der Waals surface area contributed by atoms with Gasteiger partial charge in [-0.1, -0.05) is 6.92 Å². The van der Waals surface area contributed by atoms with Crippen molar-refractivity contribution in [2.24, 2.45) is 0 Å². The maximum Gasteiger partial charge on any atom is 0.239 e. The van der Waals surface area contributed by atoms with Crippen LogP contribution in [0, 0.1) is 0 Å². The zero-order valence-electron chi connectivity index (χ0n) is 10.1. The number of carbonyl (C=O) groups is 1. The quantitative estimate of drug-likeness (QED) is 0.769. The molecule has 2 saturated heterocycles. The first-order valence-corrected chi connectivity index (χ1v) is 6.45. The van der Waals surface area contributed by atoms with Crippen LogP contribution >= 0.6 is 0 Å². The van der Waals surface area contributed by atoms with E-state index in [1.54, 1.807) is 0 Å². The molecule has 2 rings (SSSR count). The molecule has 92 valence electrons. The van der Waals surface area contributed by atoms with Crippen molar-refractivity contribution in [2.75, 3.05) is 26.2 Å². The maximum atomic E-state index is 12.1. The van der Waals surface area contributed by atoms with E-state index in [0.717, 1.165) is 51.9 Å². The van der Waals surface area contributed by atoms with E-state index >= 15 is 0 Å². The van der Waals surface area contributed by atoms with Crippen LogP contribution in [0.15, 0.2) is 0 Å². The van der Waals surface area contributed by atoms with E-state index in [-0.39, 0.29) is 18.1 Å². The summed E-state index contributed by atoms with van der Waals surface area (Å²) in [5, 5.41) is 3.26. The summed E-state index contributed by atoms with van der Waals surface area (Å²) in [6.07, 6.45) is 4.62. The van der Waals surface area contributed by atoms with Gasteiger partial charge in [0.25, 0.3) is 0 Å². The molecule has 2 aliphatic rings. The summed E-state index contributed by atoms with van der Waals surface area (Å²) in [6.45, 7) is 5.47. The monoisotopic (exact) mass is 226 g/mol. The summed E-state index contributed by atoms with van der Waals surface area (Å²) in [5.74, 6) is 0.267. The number of carbonyl (C=O) groups excluding carboxylic acids is 1. The van der Waals surface area contributed by atoms with Gasteiger partial charge in [0, 0.05) is 19.7 Å². The number of likely N-dealkylation sites (N-methyl/N-ethyl adjacent to an activating group) is 1. The number of nitrogens with zero attached hydrogens (tertiary/aromatic N) is 1. The number of hydrogen-bond acceptors (Lipinski definition) is 3. The van der Waals surface area contributed by atoms with E-state index in [1.165, 1.54) is 0 Å². The Kier molecular flexibility index (Phi) is 4.18. The molecule has 2 unspecified atom stereocenters. The molecule has 2 aliphatic heterocycles. The molecule has 0 aromatic carbocycles. The molecule has 0 saturated carbocycles. The van der Waals surface area contributed by atoms with Gasteiger partial charge in [-0.2, -0.15) is 0 Å². The second-order valence-electron chi connectivity index (χ2n) is 4.67. The Balaban J connectivity index is 1.85. The van der Waals surface area contributed by atoms with Crippen LogP contribution in [0.1, 0.15) is 32.6 Å². The van der Waals surface area contributed by atoms with Crippen molar-refractivity contribution >= 4 is 5.91 Å². The van der Waals surface area contributed by atoms with Crippen LogP contribution in [-0.2, 0) is 9.53 Å². The minimum Gasteiger partial charge on any atom is -0.376 e. The fourth-order valence-corrected chi connectivity index (χ4v) is 2.59. The highest BCUT2D eigenvalue weighted by atomic mass is 16.5. The average Bonchev–Trinajstić information content (AvgIpc) is 2.77. The van der Waals surface area contributed by atoms with Crippen molar-refractivity contribution in [1.29, 1.82) is 0 Å². The van der Waals surface area contributed by atoms with E-state index in [4.69, 9.17) is 4.74 Å². The van der Waals surface area contributed by atoms with E-state index in [1.807, 2.05) is 11.8 Å². The molecule has 2 fully saturated rings. The van der Waals surface area contributed by atoms with Crippen LogP contribution in [0.25, 0.3) is 0 Å². The van der Waals surface area contributed by atoms with Gasteiger partial charge < -0.3 is 15.0 Å². The van der Waals surface area contributed by atoms with E-state index in [2.05, 4.69) is 5.32 Å². The second-order valence-corrected chi connectivity index (χ2v) is 4.67. The third-order valence-electron chi connectivity index (χ3n) is 3.43. The molecule has 4 heteroatoms. The smallest absolute Gasteiger partial charge is 0.239 e. The highest BCUT2D eigenvalue weighted by Crippen LogP contribution is 2.17. The first-order chi connectivity index (χ1) is 7.81. The van der Waals surface area contributed by atoms with Gasteiger partial charge in [0.05, 0.1) is 12.1 Å². The molecule has 1 amide bonds. The number of piperidine rings is 1. The topological polar surface area (TPSA) is 41.6 Å². The molecule has 0 spiro atoms. The van der Waals surface area contributed by atoms with Gasteiger partial charge >= 0.3 is 0 Å². The molecule has 2 atom stereocenters. The van der Waals surface area contributed by atoms with E-state index < -0.39 is 0 Å². The van der Waals surface area contributed by atoms with Crippen molar-refractivity contribution in [2.45, 2.75) is 44.8 Å². The lowest BCUT2D eigenvalue weighted by Gasteiger charge is -2.34. The molecule has 1 N–H and O–H groups in total. The molecular weight excluding hydrogens is 204 g/mol. The lowest BCUT2D eigenvalue weighted by atomic mass is 10.0. The summed E-state index contributed by atoms with van der Waals surface area (Å²) in [4.78, 5) is 14.1. The Morgan fingerprint density at radius 1 is 1.44 bits per heavy atom. The van der Waals surface area contributed by atoms with Gasteiger partial charge in [-0.15, -0.1) is 0 Å². The third-order valence-corrected chi connectivity index (χ3v) is 3.43. The van der Waals surface area contributed by atoms with Gasteiger partial charge in [0.15, 0.2) is 0 Å². The van der Waals surface area contributed by atoms with Crippen LogP contribution in [0.2, 0.25) is 0 Å². The largest absolute Gasteiger partial charge is 0.376 e. The summed E-state index contributed by atoms with van der Waals surface area (Å²) >= 11 is 0. The Labute approximate surface area is 97.3 Å². The van der Waals surface area contributed by atoms with Gasteiger partial charge in [0.1, 0.15) is 0 Å². The zero-order chi connectivity index (χ0) is 11.4. The van der Waals surface area contributed by atoms with Crippen molar-refractivity contribution < 1.29 is 9.53 Å². The number of amides is 1. The van der Waals surface area contributed by atoms with Crippen LogP contribution in [0.5, 0.6) is 0 Å². The molecule has 0 aliphatic carbocycles. The van der Waals surface area contributed by atoms with Gasteiger partial charge in [-0.3, -0.25) is 4.79 Å². The van der Waals surface area contributed by atoms with Crippen LogP contribution in [0.4, 0.5) is 0 Å². The molecule has 0 aromatic heterocycles. The lowest BCUT2D eigenvalue weighted by Crippen LogP contribution is -2.52. The third kappa shape index (κ3) is 2.74. The normalized spacial score (nSPS) is 31.1. The number of rotatable bonds is 4. The summed E-state index contributed by atoms with van der Waals surface area (Å²) in [6, 6.07) is 0.0418. The van der Waals surface area contributed by atoms with Crippen molar-refractivity contribution in [1.82, 2.24) is 10.2 Å². The van der Waals surface area contributed by atoms with E-state index in [9.17, 15) is 4.79 Å². The zero-order valence-corrected chi connectivity index (χ0v) is 10.1. The van der Waals surface area contributed by atoms with Crippen LogP contribution < -0.4 is 5.32 Å². The van der Waals surface area contributed by atoms with Crippen molar-refractivity contribution in [3.05, 3.63) is 0 Å². The molecule has 0 bridgehead atoms. The predicted molar refractivity (Wildman–Crippen MR) is 62.3 cm³/mol. The molecule has 16 heavy (non-hydrogen) atoms. The number of ether oxygens (including phenoxy) is 1. The SMILES string of the molecule is CCNC1CCCN(CC2CCCO2)C1=O. The Hall–Kier alpha value is -0.610. The first-order valence-electron chi connectivity index (χ1n) is 6.45. The number of hydrogen-bond donors (Lipinski definition) is 1. The first kappa shape index (κ1) is 11.9. The van der Waals surface area contributed by atoms with Crippen LogP contribution in [-0.4, -0.2) is 49.2 Å². The van der Waals surface area contributed by atoms with E-state index in [0.29, 0.717) is 0 Å². The maximum absolute atomic E-state index is 12.1. The van der Waals surface area contributed by atoms with Crippen LogP contribution in [0.3, 0.4) is 0 Å². The van der Waals surface area contributed by atoms with Gasteiger partial charge in [0.2, 0.25) is 5.91 Å². The molecule has 0 radical (unpaired) electrons. The Morgan fingerprint density at radius 2 is 2.31 bits per heavy atom. The van der Waals surface area contributed by atoms with Gasteiger partial charge in [-0.05, 0) is 32.2 Å². The molecular formula is C12H22N2O2. The summed E-state index contributed by atoms with van der Waals surface area (Å²) in [5.41, 5.74) is 0. The number of likely N-dealkylation sites (tertiary alicyclic amines) is 1. The lowest BCUT2D eigenvalue weighted by molar-refractivity contribution is -0.137. The standard InChI is InChI=1S/C12H22N2O2/c1-2-13-11-6-3-7-14(12(11)15)9-10-5-4-8-16-10/h10-11,13H,2-9H2,1H3. The average molecular weight is 226 g/mol. The molecule has 4 nitrogen and oxygen atoms in total. The second kappa shape index (κ2) is 5.64. The minimum atomic E-state index is 0.0418.